The number of carbonyl (C=O) groups excluding carboxylic acids is 1. The second kappa shape index (κ2) is 6.69. The predicted octanol–water partition coefficient (Wildman–Crippen LogP) is 3.86. The van der Waals surface area contributed by atoms with E-state index in [0.717, 1.165) is 12.1 Å². The van der Waals surface area contributed by atoms with Gasteiger partial charge in [0.05, 0.1) is 0 Å². The average molecular weight is 272 g/mol. The molecule has 1 fully saturated rings. The van der Waals surface area contributed by atoms with Crippen molar-refractivity contribution in [2.75, 3.05) is 0 Å². The van der Waals surface area contributed by atoms with Crippen molar-refractivity contribution in [3.63, 3.8) is 0 Å². The number of benzene rings is 1. The van der Waals surface area contributed by atoms with Gasteiger partial charge in [-0.3, -0.25) is 4.79 Å². The molecule has 0 aromatic heterocycles. The summed E-state index contributed by atoms with van der Waals surface area (Å²) in [5.41, 5.74) is 4.53. The highest BCUT2D eigenvalue weighted by molar-refractivity contribution is 5.96. The molecule has 1 aromatic rings. The molecule has 1 saturated carbocycles. The zero-order valence-corrected chi connectivity index (χ0v) is 12.6. The first-order valence-electron chi connectivity index (χ1n) is 7.49. The maximum absolute atomic E-state index is 12.0. The lowest BCUT2D eigenvalue weighted by Gasteiger charge is -2.30. The molecule has 108 valence electrons. The molecular formula is C17H24N2O. The fraction of sp³-hybridized carbons (Fsp3) is 0.529. The summed E-state index contributed by atoms with van der Waals surface area (Å²) in [5.74, 6) is 1.62. The van der Waals surface area contributed by atoms with Crippen LogP contribution in [0.4, 0.5) is 0 Å². The largest absolute Gasteiger partial charge is 0.271 e. The van der Waals surface area contributed by atoms with E-state index in [4.69, 9.17) is 0 Å². The van der Waals surface area contributed by atoms with Crippen LogP contribution in [-0.2, 0) is 0 Å². The van der Waals surface area contributed by atoms with Crippen molar-refractivity contribution in [3.05, 3.63) is 35.9 Å². The average Bonchev–Trinajstić information content (AvgIpc) is 2.45. The lowest BCUT2D eigenvalue weighted by molar-refractivity contribution is 0.0954. The summed E-state index contributed by atoms with van der Waals surface area (Å²) in [7, 11) is 0. The fourth-order valence-electron chi connectivity index (χ4n) is 2.86. The lowest BCUT2D eigenvalue weighted by Crippen LogP contribution is -2.31. The Labute approximate surface area is 121 Å². The molecule has 0 bridgehead atoms. The molecule has 2 atom stereocenters. The van der Waals surface area contributed by atoms with Crippen molar-refractivity contribution in [2.24, 2.45) is 22.9 Å². The summed E-state index contributed by atoms with van der Waals surface area (Å²) in [6.45, 7) is 6.72. The van der Waals surface area contributed by atoms with Crippen molar-refractivity contribution in [1.82, 2.24) is 5.43 Å². The van der Waals surface area contributed by atoms with Crippen LogP contribution in [0.1, 0.15) is 50.4 Å². The molecule has 0 saturated heterocycles. The second-order valence-electron chi connectivity index (χ2n) is 6.15. The lowest BCUT2D eigenvalue weighted by atomic mass is 9.76. The molecule has 1 amide bonds. The van der Waals surface area contributed by atoms with E-state index in [1.807, 2.05) is 18.2 Å². The summed E-state index contributed by atoms with van der Waals surface area (Å²) in [5, 5.41) is 4.43. The molecule has 3 nitrogen and oxygen atoms in total. The normalized spacial score (nSPS) is 24.9. The van der Waals surface area contributed by atoms with Crippen LogP contribution in [0, 0.1) is 17.8 Å². The van der Waals surface area contributed by atoms with Crippen molar-refractivity contribution in [1.29, 1.82) is 0 Å². The third-order valence-corrected chi connectivity index (χ3v) is 4.10. The predicted molar refractivity (Wildman–Crippen MR) is 82.7 cm³/mol. The monoisotopic (exact) mass is 272 g/mol. The standard InChI is InChI=1S/C17H24N2O/c1-12(2)15-10-9-13(3)11-16(15)18-19-17(20)14-7-5-4-6-8-14/h4-8,12-13,15H,9-11H2,1-3H3,(H,19,20)/b18-16-/t13-,15-/m0/s1. The summed E-state index contributed by atoms with van der Waals surface area (Å²) >= 11 is 0. The highest BCUT2D eigenvalue weighted by Gasteiger charge is 2.27. The zero-order valence-electron chi connectivity index (χ0n) is 12.6. The number of hydrogen-bond donors (Lipinski definition) is 1. The van der Waals surface area contributed by atoms with Crippen LogP contribution >= 0.6 is 0 Å². The first-order valence-corrected chi connectivity index (χ1v) is 7.49. The Hall–Kier alpha value is -1.64. The van der Waals surface area contributed by atoms with Gasteiger partial charge in [0.1, 0.15) is 0 Å². The second-order valence-corrected chi connectivity index (χ2v) is 6.15. The van der Waals surface area contributed by atoms with Crippen LogP contribution in [0.2, 0.25) is 0 Å². The van der Waals surface area contributed by atoms with E-state index in [-0.39, 0.29) is 5.91 Å². The fourth-order valence-corrected chi connectivity index (χ4v) is 2.86. The van der Waals surface area contributed by atoms with Gasteiger partial charge in [0, 0.05) is 17.2 Å². The first-order chi connectivity index (χ1) is 9.58. The van der Waals surface area contributed by atoms with Gasteiger partial charge >= 0.3 is 0 Å². The first kappa shape index (κ1) is 14.8. The van der Waals surface area contributed by atoms with Gasteiger partial charge < -0.3 is 0 Å². The number of nitrogens with one attached hydrogen (secondary N) is 1. The smallest absolute Gasteiger partial charge is 0.267 e. The van der Waals surface area contributed by atoms with Gasteiger partial charge in [-0.1, -0.05) is 39.0 Å². The van der Waals surface area contributed by atoms with Crippen LogP contribution in [0.5, 0.6) is 0 Å². The van der Waals surface area contributed by atoms with Crippen LogP contribution in [0.3, 0.4) is 0 Å². The zero-order chi connectivity index (χ0) is 14.5. The minimum atomic E-state index is -0.126. The molecule has 2 rings (SSSR count). The maximum atomic E-state index is 12.0. The van der Waals surface area contributed by atoms with Gasteiger partial charge in [-0.2, -0.15) is 5.10 Å². The topological polar surface area (TPSA) is 41.5 Å². The van der Waals surface area contributed by atoms with E-state index in [1.54, 1.807) is 12.1 Å². The van der Waals surface area contributed by atoms with Gasteiger partial charge in [-0.25, -0.2) is 5.43 Å². The number of nitrogens with zero attached hydrogens (tertiary/aromatic N) is 1. The molecule has 0 radical (unpaired) electrons. The molecule has 20 heavy (non-hydrogen) atoms. The number of hydrogen-bond acceptors (Lipinski definition) is 2. The van der Waals surface area contributed by atoms with Crippen molar-refractivity contribution in [3.8, 4) is 0 Å². The highest BCUT2D eigenvalue weighted by Crippen LogP contribution is 2.31. The molecule has 0 unspecified atom stereocenters. The minimum Gasteiger partial charge on any atom is -0.267 e. The summed E-state index contributed by atoms with van der Waals surface area (Å²) in [4.78, 5) is 12.0. The van der Waals surface area contributed by atoms with Crippen LogP contribution in [-0.4, -0.2) is 11.6 Å². The Kier molecular flexibility index (Phi) is 4.94. The minimum absolute atomic E-state index is 0.126. The van der Waals surface area contributed by atoms with Gasteiger partial charge in [-0.15, -0.1) is 0 Å². The molecule has 1 aliphatic carbocycles. The van der Waals surface area contributed by atoms with Crippen molar-refractivity contribution >= 4 is 11.6 Å². The SMILES string of the molecule is CC(C)[C@@H]1CC[C@H](C)C/C1=N/NC(=O)c1ccccc1. The number of rotatable bonds is 3. The molecule has 0 spiro atoms. The van der Waals surface area contributed by atoms with Gasteiger partial charge in [0.2, 0.25) is 0 Å². The number of amides is 1. The molecule has 1 N–H and O–H groups in total. The molecule has 0 heterocycles. The Morgan fingerprint density at radius 1 is 1.25 bits per heavy atom. The van der Waals surface area contributed by atoms with E-state index < -0.39 is 0 Å². The van der Waals surface area contributed by atoms with E-state index in [2.05, 4.69) is 31.3 Å². The third kappa shape index (κ3) is 3.69. The van der Waals surface area contributed by atoms with Crippen molar-refractivity contribution in [2.45, 2.75) is 40.0 Å². The van der Waals surface area contributed by atoms with Gasteiger partial charge in [0.15, 0.2) is 0 Å². The Bertz CT molecular complexity index is 479. The van der Waals surface area contributed by atoms with Gasteiger partial charge in [-0.05, 0) is 43.2 Å². The molecule has 1 aromatic carbocycles. The van der Waals surface area contributed by atoms with Gasteiger partial charge in [0.25, 0.3) is 5.91 Å². The van der Waals surface area contributed by atoms with Crippen molar-refractivity contribution < 1.29 is 4.79 Å². The van der Waals surface area contributed by atoms with Crippen LogP contribution in [0.15, 0.2) is 35.4 Å². The van der Waals surface area contributed by atoms with Crippen LogP contribution < -0.4 is 5.43 Å². The molecular weight excluding hydrogens is 248 g/mol. The summed E-state index contributed by atoms with van der Waals surface area (Å²) in [6, 6.07) is 9.24. The Morgan fingerprint density at radius 2 is 1.95 bits per heavy atom. The van der Waals surface area contributed by atoms with E-state index >= 15 is 0 Å². The molecule has 1 aliphatic rings. The maximum Gasteiger partial charge on any atom is 0.271 e. The number of hydrazone groups is 1. The number of carbonyl (C=O) groups is 1. The quantitative estimate of drug-likeness (QED) is 0.834. The molecule has 0 aliphatic heterocycles. The Morgan fingerprint density at radius 3 is 2.60 bits per heavy atom. The summed E-state index contributed by atoms with van der Waals surface area (Å²) in [6.07, 6.45) is 3.44. The van der Waals surface area contributed by atoms with E-state index in [0.29, 0.717) is 23.3 Å². The highest BCUT2D eigenvalue weighted by atomic mass is 16.2. The van der Waals surface area contributed by atoms with E-state index in [1.165, 1.54) is 12.8 Å². The summed E-state index contributed by atoms with van der Waals surface area (Å²) < 4.78 is 0. The van der Waals surface area contributed by atoms with Crippen LogP contribution in [0.25, 0.3) is 0 Å². The Balaban J connectivity index is 2.06. The van der Waals surface area contributed by atoms with E-state index in [9.17, 15) is 4.79 Å². The molecule has 3 heteroatoms. The third-order valence-electron chi connectivity index (χ3n) is 4.10.